The topological polar surface area (TPSA) is 26.3 Å². The number of esters is 1. The lowest BCUT2D eigenvalue weighted by Crippen LogP contribution is -2.00. The molecule has 0 fully saturated rings. The predicted octanol–water partition coefficient (Wildman–Crippen LogP) is 3.82. The molecule has 0 aromatic heterocycles. The molecule has 0 spiro atoms. The van der Waals surface area contributed by atoms with Gasteiger partial charge in [0.05, 0.1) is 12.7 Å². The number of allylic oxidation sites excluding steroid dienone is 3. The van der Waals surface area contributed by atoms with Crippen LogP contribution in [0.4, 0.5) is 0 Å². The molecule has 0 saturated carbocycles. The summed E-state index contributed by atoms with van der Waals surface area (Å²) < 4.78 is 4.63. The highest BCUT2D eigenvalue weighted by molar-refractivity contribution is 8.03. The van der Waals surface area contributed by atoms with Crippen molar-refractivity contribution in [2.24, 2.45) is 0 Å². The fourth-order valence-electron chi connectivity index (χ4n) is 1.17. The highest BCUT2D eigenvalue weighted by atomic mass is 32.2. The largest absolute Gasteiger partial charge is 0.465 e. The maximum atomic E-state index is 11.2. The highest BCUT2D eigenvalue weighted by Gasteiger charge is 2.04. The van der Waals surface area contributed by atoms with Crippen molar-refractivity contribution in [3.8, 4) is 0 Å². The first-order valence-corrected chi connectivity index (χ1v) is 5.84. The van der Waals surface area contributed by atoms with Gasteiger partial charge in [-0.2, -0.15) is 0 Å². The molecule has 0 atom stereocenters. The second-order valence-electron chi connectivity index (χ2n) is 3.13. The molecule has 0 heterocycles. The van der Waals surface area contributed by atoms with Crippen LogP contribution in [0.15, 0.2) is 65.5 Å². The van der Waals surface area contributed by atoms with E-state index in [4.69, 9.17) is 0 Å². The van der Waals surface area contributed by atoms with E-state index >= 15 is 0 Å². The summed E-state index contributed by atoms with van der Waals surface area (Å²) in [6.07, 6.45) is 5.36. The maximum Gasteiger partial charge on any atom is 0.337 e. The molecule has 0 radical (unpaired) electrons. The van der Waals surface area contributed by atoms with E-state index in [0.29, 0.717) is 5.56 Å². The predicted molar refractivity (Wildman–Crippen MR) is 72.1 cm³/mol. The summed E-state index contributed by atoms with van der Waals surface area (Å²) in [7, 11) is 1.37. The monoisotopic (exact) mass is 246 g/mol. The van der Waals surface area contributed by atoms with Crippen LogP contribution in [0.1, 0.15) is 10.4 Å². The van der Waals surface area contributed by atoms with Gasteiger partial charge in [0.1, 0.15) is 0 Å². The molecule has 3 heteroatoms. The number of rotatable bonds is 5. The number of hydrogen-bond donors (Lipinski definition) is 0. The second-order valence-corrected chi connectivity index (χ2v) is 4.27. The molecule has 0 N–H and O–H groups in total. The molecule has 0 amide bonds. The Morgan fingerprint density at radius 2 is 1.94 bits per heavy atom. The van der Waals surface area contributed by atoms with Gasteiger partial charge < -0.3 is 4.74 Å². The lowest BCUT2D eigenvalue weighted by Gasteiger charge is -2.03. The van der Waals surface area contributed by atoms with Gasteiger partial charge in [-0.05, 0) is 30.3 Å². The molecule has 17 heavy (non-hydrogen) atoms. The van der Waals surface area contributed by atoms with Crippen molar-refractivity contribution >= 4 is 17.7 Å². The standard InChI is InChI=1S/C14H14O2S/c1-4-6-12(5-2)17-13-9-7-11(8-10-13)14(15)16-3/h4-10H,1-2H2,3H3. The van der Waals surface area contributed by atoms with Crippen LogP contribution in [-0.4, -0.2) is 13.1 Å². The molecule has 1 aromatic rings. The molecule has 1 aromatic carbocycles. The van der Waals surface area contributed by atoms with Crippen molar-refractivity contribution in [3.05, 3.63) is 66.1 Å². The van der Waals surface area contributed by atoms with Crippen LogP contribution in [-0.2, 0) is 4.74 Å². The Hall–Kier alpha value is -1.74. The number of ether oxygens (including phenoxy) is 1. The Labute approximate surface area is 106 Å². The minimum atomic E-state index is -0.327. The number of hydrogen-bond acceptors (Lipinski definition) is 3. The van der Waals surface area contributed by atoms with Crippen LogP contribution in [0.5, 0.6) is 0 Å². The fraction of sp³-hybridized carbons (Fsp3) is 0.0714. The van der Waals surface area contributed by atoms with Crippen molar-refractivity contribution in [2.75, 3.05) is 7.11 Å². The van der Waals surface area contributed by atoms with E-state index in [1.807, 2.05) is 18.2 Å². The number of benzene rings is 1. The van der Waals surface area contributed by atoms with Crippen LogP contribution in [0.3, 0.4) is 0 Å². The third kappa shape index (κ3) is 3.96. The van der Waals surface area contributed by atoms with Gasteiger partial charge >= 0.3 is 5.97 Å². The van der Waals surface area contributed by atoms with Crippen LogP contribution in [0.25, 0.3) is 0 Å². The molecule has 88 valence electrons. The summed E-state index contributed by atoms with van der Waals surface area (Å²) in [5, 5.41) is 0. The molecule has 2 nitrogen and oxygen atoms in total. The van der Waals surface area contributed by atoms with E-state index in [2.05, 4.69) is 17.9 Å². The van der Waals surface area contributed by atoms with E-state index in [0.717, 1.165) is 9.80 Å². The Kier molecular flexibility index (Phi) is 5.30. The van der Waals surface area contributed by atoms with Gasteiger partial charge in [0.15, 0.2) is 0 Å². The lowest BCUT2D eigenvalue weighted by atomic mass is 10.2. The molecule has 0 bridgehead atoms. The second kappa shape index (κ2) is 6.76. The first-order chi connectivity index (χ1) is 8.21. The lowest BCUT2D eigenvalue weighted by molar-refractivity contribution is 0.0600. The number of carbonyl (C=O) groups excluding carboxylic acids is 1. The van der Waals surface area contributed by atoms with E-state index in [1.165, 1.54) is 7.11 Å². The van der Waals surface area contributed by atoms with Crippen LogP contribution in [0.2, 0.25) is 0 Å². The molecule has 0 saturated heterocycles. The zero-order valence-electron chi connectivity index (χ0n) is 9.68. The third-order valence-corrected chi connectivity index (χ3v) is 3.04. The smallest absolute Gasteiger partial charge is 0.337 e. The van der Waals surface area contributed by atoms with E-state index in [-0.39, 0.29) is 5.97 Å². The summed E-state index contributed by atoms with van der Waals surface area (Å²) in [5.74, 6) is -0.327. The van der Waals surface area contributed by atoms with Gasteiger partial charge in [-0.3, -0.25) is 0 Å². The fourth-order valence-corrected chi connectivity index (χ4v) is 1.96. The number of methoxy groups -OCH3 is 1. The third-order valence-electron chi connectivity index (χ3n) is 1.99. The normalized spacial score (nSPS) is 10.8. The highest BCUT2D eigenvalue weighted by Crippen LogP contribution is 2.27. The molecular formula is C14H14O2S. The average Bonchev–Trinajstić information content (AvgIpc) is 2.38. The minimum absolute atomic E-state index is 0.327. The quantitative estimate of drug-likeness (QED) is 0.449. The Morgan fingerprint density at radius 1 is 1.29 bits per heavy atom. The molecular weight excluding hydrogens is 232 g/mol. The Bertz CT molecular complexity index is 444. The van der Waals surface area contributed by atoms with Crippen LogP contribution >= 0.6 is 11.8 Å². The number of carbonyl (C=O) groups is 1. The van der Waals surface area contributed by atoms with Crippen molar-refractivity contribution in [2.45, 2.75) is 4.90 Å². The maximum absolute atomic E-state index is 11.2. The number of thioether (sulfide) groups is 1. The van der Waals surface area contributed by atoms with E-state index < -0.39 is 0 Å². The van der Waals surface area contributed by atoms with Crippen LogP contribution in [0, 0.1) is 0 Å². The zero-order valence-corrected chi connectivity index (χ0v) is 10.5. The van der Waals surface area contributed by atoms with E-state index in [9.17, 15) is 4.79 Å². The van der Waals surface area contributed by atoms with Crippen molar-refractivity contribution in [3.63, 3.8) is 0 Å². The Morgan fingerprint density at radius 3 is 2.41 bits per heavy atom. The van der Waals surface area contributed by atoms with Crippen LogP contribution < -0.4 is 0 Å². The van der Waals surface area contributed by atoms with Gasteiger partial charge in [-0.15, -0.1) is 0 Å². The summed E-state index contributed by atoms with van der Waals surface area (Å²) in [6.45, 7) is 7.36. The first-order valence-electron chi connectivity index (χ1n) is 5.02. The van der Waals surface area contributed by atoms with Gasteiger partial charge in [0, 0.05) is 9.80 Å². The Balaban J connectivity index is 2.81. The van der Waals surface area contributed by atoms with Crippen molar-refractivity contribution in [1.82, 2.24) is 0 Å². The average molecular weight is 246 g/mol. The molecule has 0 aliphatic heterocycles. The summed E-state index contributed by atoms with van der Waals surface area (Å²) >= 11 is 1.56. The molecule has 0 aliphatic carbocycles. The molecule has 0 unspecified atom stereocenters. The van der Waals surface area contributed by atoms with Crippen molar-refractivity contribution in [1.29, 1.82) is 0 Å². The molecule has 1 rings (SSSR count). The summed E-state index contributed by atoms with van der Waals surface area (Å²) in [6, 6.07) is 7.22. The zero-order chi connectivity index (χ0) is 12.7. The van der Waals surface area contributed by atoms with E-state index in [1.54, 1.807) is 36.0 Å². The molecule has 0 aliphatic rings. The summed E-state index contributed by atoms with van der Waals surface area (Å²) in [5.41, 5.74) is 0.546. The van der Waals surface area contributed by atoms with Gasteiger partial charge in [0.25, 0.3) is 0 Å². The van der Waals surface area contributed by atoms with Crippen molar-refractivity contribution < 1.29 is 9.53 Å². The van der Waals surface area contributed by atoms with Gasteiger partial charge in [-0.1, -0.05) is 37.1 Å². The summed E-state index contributed by atoms with van der Waals surface area (Å²) in [4.78, 5) is 13.3. The van der Waals surface area contributed by atoms with Gasteiger partial charge in [0.2, 0.25) is 0 Å². The first kappa shape index (κ1) is 13.3. The minimum Gasteiger partial charge on any atom is -0.465 e. The van der Waals surface area contributed by atoms with Gasteiger partial charge in [-0.25, -0.2) is 4.79 Å². The SMILES string of the molecule is C=CC=C(C=C)Sc1ccc(C(=O)OC)cc1.